The molecule has 0 fully saturated rings. The number of halogens is 3. The highest BCUT2D eigenvalue weighted by atomic mass is 19.4. The molecule has 0 bridgehead atoms. The molecule has 0 saturated carbocycles. The number of aromatic nitrogens is 2. The highest BCUT2D eigenvalue weighted by molar-refractivity contribution is 5.53. The highest BCUT2D eigenvalue weighted by Gasteiger charge is 2.32. The van der Waals surface area contributed by atoms with E-state index in [4.69, 9.17) is 4.52 Å². The molecule has 0 saturated heterocycles. The molecule has 1 aromatic carbocycles. The Kier molecular flexibility index (Phi) is 3.11. The number of fused-ring (bicyclic) bond motifs is 1. The van der Waals surface area contributed by atoms with Gasteiger partial charge in [0.25, 0.3) is 0 Å². The van der Waals surface area contributed by atoms with Crippen LogP contribution in [0.1, 0.15) is 23.2 Å². The summed E-state index contributed by atoms with van der Waals surface area (Å²) < 4.78 is 41.7. The van der Waals surface area contributed by atoms with Gasteiger partial charge in [0.1, 0.15) is 6.42 Å². The third-order valence-electron chi connectivity index (χ3n) is 3.21. The Labute approximate surface area is 113 Å². The van der Waals surface area contributed by atoms with E-state index in [-0.39, 0.29) is 17.6 Å². The van der Waals surface area contributed by atoms with E-state index >= 15 is 0 Å². The largest absolute Gasteiger partial charge is 0.396 e. The molecule has 2 aromatic rings. The molecule has 0 radical (unpaired) electrons. The average molecular weight is 283 g/mol. The molecule has 1 N–H and O–H groups in total. The Morgan fingerprint density at radius 3 is 2.90 bits per heavy atom. The van der Waals surface area contributed by atoms with Gasteiger partial charge < -0.3 is 9.84 Å². The van der Waals surface area contributed by atoms with Crippen molar-refractivity contribution >= 4 is 5.69 Å². The SMILES string of the molecule is FC(F)(F)Cc1noc(C2CNc3ccccc3C2)n1. The number of benzene rings is 1. The van der Waals surface area contributed by atoms with Gasteiger partial charge in [0.15, 0.2) is 5.82 Å². The number of nitrogens with zero attached hydrogens (tertiary/aromatic N) is 2. The lowest BCUT2D eigenvalue weighted by molar-refractivity contribution is -0.128. The first-order chi connectivity index (χ1) is 9.51. The zero-order valence-corrected chi connectivity index (χ0v) is 10.4. The van der Waals surface area contributed by atoms with E-state index in [2.05, 4.69) is 15.5 Å². The van der Waals surface area contributed by atoms with Crippen LogP contribution < -0.4 is 5.32 Å². The molecule has 1 atom stereocenters. The lowest BCUT2D eigenvalue weighted by atomic mass is 9.94. The van der Waals surface area contributed by atoms with E-state index in [1.165, 1.54) is 0 Å². The smallest absolute Gasteiger partial charge is 0.384 e. The third kappa shape index (κ3) is 2.76. The Bertz CT molecular complexity index is 609. The summed E-state index contributed by atoms with van der Waals surface area (Å²) in [7, 11) is 0. The Balaban J connectivity index is 1.75. The number of hydrogen-bond acceptors (Lipinski definition) is 4. The van der Waals surface area contributed by atoms with E-state index in [0.717, 1.165) is 11.3 Å². The molecule has 1 unspecified atom stereocenters. The summed E-state index contributed by atoms with van der Waals surface area (Å²) in [6.07, 6.45) is -4.80. The molecule has 1 aromatic heterocycles. The summed E-state index contributed by atoms with van der Waals surface area (Å²) in [5.74, 6) is -0.156. The summed E-state index contributed by atoms with van der Waals surface area (Å²) in [5.41, 5.74) is 2.14. The molecule has 2 heterocycles. The maximum absolute atomic E-state index is 12.3. The first-order valence-corrected chi connectivity index (χ1v) is 6.22. The third-order valence-corrected chi connectivity index (χ3v) is 3.21. The van der Waals surface area contributed by atoms with Crippen molar-refractivity contribution < 1.29 is 17.7 Å². The molecule has 0 aliphatic carbocycles. The van der Waals surface area contributed by atoms with E-state index in [1.54, 1.807) is 0 Å². The fraction of sp³-hybridized carbons (Fsp3) is 0.385. The van der Waals surface area contributed by atoms with Gasteiger partial charge in [0.05, 0.1) is 5.92 Å². The molecular formula is C13H12F3N3O. The average Bonchev–Trinajstić information content (AvgIpc) is 2.84. The maximum atomic E-state index is 12.3. The minimum absolute atomic E-state index is 0.0978. The van der Waals surface area contributed by atoms with Gasteiger partial charge in [-0.25, -0.2) is 0 Å². The second kappa shape index (κ2) is 4.81. The molecule has 4 nitrogen and oxygen atoms in total. The van der Waals surface area contributed by atoms with Crippen LogP contribution in [0.3, 0.4) is 0 Å². The summed E-state index contributed by atoms with van der Waals surface area (Å²) in [6, 6.07) is 7.79. The maximum Gasteiger partial charge on any atom is 0.396 e. The van der Waals surface area contributed by atoms with Gasteiger partial charge in [-0.3, -0.25) is 0 Å². The monoisotopic (exact) mass is 283 g/mol. The first-order valence-electron chi connectivity index (χ1n) is 6.22. The molecule has 7 heteroatoms. The van der Waals surface area contributed by atoms with E-state index in [9.17, 15) is 13.2 Å². The zero-order valence-electron chi connectivity index (χ0n) is 10.4. The molecule has 106 valence electrons. The number of anilines is 1. The van der Waals surface area contributed by atoms with Crippen molar-refractivity contribution in [3.8, 4) is 0 Å². The van der Waals surface area contributed by atoms with Crippen LogP contribution in [-0.2, 0) is 12.8 Å². The van der Waals surface area contributed by atoms with Crippen LogP contribution in [0.15, 0.2) is 28.8 Å². The van der Waals surface area contributed by atoms with Crippen LogP contribution in [0.4, 0.5) is 18.9 Å². The zero-order chi connectivity index (χ0) is 14.2. The van der Waals surface area contributed by atoms with E-state index < -0.39 is 12.6 Å². The van der Waals surface area contributed by atoms with Crippen molar-refractivity contribution in [1.82, 2.24) is 10.1 Å². The standard InChI is InChI=1S/C13H12F3N3O/c14-13(15,16)6-11-18-12(20-19-11)9-5-8-3-1-2-4-10(8)17-7-9/h1-4,9,17H,5-7H2. The van der Waals surface area contributed by atoms with Crippen LogP contribution >= 0.6 is 0 Å². The summed E-state index contributed by atoms with van der Waals surface area (Å²) in [4.78, 5) is 3.85. The Hall–Kier alpha value is -2.05. The Morgan fingerprint density at radius 1 is 1.30 bits per heavy atom. The van der Waals surface area contributed by atoms with Crippen LogP contribution in [0.5, 0.6) is 0 Å². The number of hydrogen-bond donors (Lipinski definition) is 1. The van der Waals surface area contributed by atoms with E-state index in [0.29, 0.717) is 13.0 Å². The van der Waals surface area contributed by atoms with Crippen LogP contribution in [0, 0.1) is 0 Å². The van der Waals surface area contributed by atoms with Gasteiger partial charge >= 0.3 is 6.18 Å². The minimum atomic E-state index is -4.32. The fourth-order valence-electron chi connectivity index (χ4n) is 2.30. The summed E-state index contributed by atoms with van der Waals surface area (Å²) >= 11 is 0. The van der Waals surface area contributed by atoms with Crippen molar-refractivity contribution in [1.29, 1.82) is 0 Å². The van der Waals surface area contributed by atoms with Gasteiger partial charge in [-0.2, -0.15) is 18.2 Å². The first kappa shape index (κ1) is 13.0. The second-order valence-electron chi connectivity index (χ2n) is 4.78. The lowest BCUT2D eigenvalue weighted by Crippen LogP contribution is -2.21. The topological polar surface area (TPSA) is 51.0 Å². The molecule has 0 amide bonds. The van der Waals surface area contributed by atoms with Crippen molar-refractivity contribution in [2.24, 2.45) is 0 Å². The number of rotatable bonds is 2. The van der Waals surface area contributed by atoms with Gasteiger partial charge in [-0.05, 0) is 18.1 Å². The molecular weight excluding hydrogens is 271 g/mol. The van der Waals surface area contributed by atoms with Crippen molar-refractivity contribution in [2.75, 3.05) is 11.9 Å². The van der Waals surface area contributed by atoms with Crippen LogP contribution in [-0.4, -0.2) is 22.9 Å². The molecule has 1 aliphatic heterocycles. The highest BCUT2D eigenvalue weighted by Crippen LogP contribution is 2.30. The molecule has 20 heavy (non-hydrogen) atoms. The lowest BCUT2D eigenvalue weighted by Gasteiger charge is -2.23. The van der Waals surface area contributed by atoms with E-state index in [1.807, 2.05) is 24.3 Å². The fourth-order valence-corrected chi connectivity index (χ4v) is 2.30. The second-order valence-corrected chi connectivity index (χ2v) is 4.78. The normalized spacial score (nSPS) is 18.4. The summed E-state index contributed by atoms with van der Waals surface area (Å²) in [6.45, 7) is 0.574. The van der Waals surface area contributed by atoms with Crippen molar-refractivity contribution in [3.05, 3.63) is 41.5 Å². The molecule has 0 spiro atoms. The number of nitrogens with one attached hydrogen (secondary N) is 1. The predicted octanol–water partition coefficient (Wildman–Crippen LogP) is 2.93. The quantitative estimate of drug-likeness (QED) is 0.920. The summed E-state index contributed by atoms with van der Waals surface area (Å²) in [5, 5.41) is 6.62. The van der Waals surface area contributed by atoms with Crippen LogP contribution in [0.2, 0.25) is 0 Å². The number of alkyl halides is 3. The molecule has 3 rings (SSSR count). The van der Waals surface area contributed by atoms with Gasteiger partial charge in [0, 0.05) is 12.2 Å². The van der Waals surface area contributed by atoms with Crippen LogP contribution in [0.25, 0.3) is 0 Å². The minimum Gasteiger partial charge on any atom is -0.384 e. The van der Waals surface area contributed by atoms with Crippen molar-refractivity contribution in [2.45, 2.75) is 24.9 Å². The van der Waals surface area contributed by atoms with Gasteiger partial charge in [0.2, 0.25) is 5.89 Å². The molecule has 1 aliphatic rings. The van der Waals surface area contributed by atoms with Gasteiger partial charge in [-0.1, -0.05) is 23.4 Å². The number of para-hydroxylation sites is 1. The predicted molar refractivity (Wildman–Crippen MR) is 65.4 cm³/mol. The van der Waals surface area contributed by atoms with Crippen molar-refractivity contribution in [3.63, 3.8) is 0 Å². The Morgan fingerprint density at radius 2 is 2.10 bits per heavy atom. The van der Waals surface area contributed by atoms with Gasteiger partial charge in [-0.15, -0.1) is 0 Å².